The first-order chi connectivity index (χ1) is 9.10. The van der Waals surface area contributed by atoms with Crippen LogP contribution in [0.4, 0.5) is 4.39 Å². The second kappa shape index (κ2) is 7.73. The van der Waals surface area contributed by atoms with Crippen molar-refractivity contribution in [1.29, 1.82) is 0 Å². The average molecular weight is 258 g/mol. The summed E-state index contributed by atoms with van der Waals surface area (Å²) in [5.41, 5.74) is 5.00. The fourth-order valence-electron chi connectivity index (χ4n) is 2.28. The van der Waals surface area contributed by atoms with Crippen LogP contribution >= 0.6 is 0 Å². The number of halogens is 1. The van der Waals surface area contributed by atoms with Crippen LogP contribution in [0.2, 0.25) is 0 Å². The Hall–Kier alpha value is -1.63. The van der Waals surface area contributed by atoms with E-state index in [-0.39, 0.29) is 5.83 Å². The molecule has 0 aromatic heterocycles. The normalized spacial score (nSPS) is 21.1. The van der Waals surface area contributed by atoms with Crippen molar-refractivity contribution in [1.82, 2.24) is 0 Å². The minimum absolute atomic E-state index is 0.119. The largest absolute Gasteiger partial charge is 0.212 e. The van der Waals surface area contributed by atoms with Gasteiger partial charge in [-0.2, -0.15) is 0 Å². The molecule has 0 radical (unpaired) electrons. The van der Waals surface area contributed by atoms with Crippen LogP contribution in [0, 0.1) is 0 Å². The highest BCUT2D eigenvalue weighted by molar-refractivity contribution is 5.51. The van der Waals surface area contributed by atoms with Crippen LogP contribution in [0.5, 0.6) is 0 Å². The van der Waals surface area contributed by atoms with Gasteiger partial charge >= 0.3 is 0 Å². The smallest absolute Gasteiger partial charge is 0.0932 e. The van der Waals surface area contributed by atoms with Crippen molar-refractivity contribution >= 4 is 0 Å². The van der Waals surface area contributed by atoms with E-state index in [9.17, 15) is 4.39 Å². The highest BCUT2D eigenvalue weighted by Gasteiger charge is 2.12. The van der Waals surface area contributed by atoms with Gasteiger partial charge in [0.1, 0.15) is 0 Å². The van der Waals surface area contributed by atoms with Crippen LogP contribution in [-0.4, -0.2) is 0 Å². The van der Waals surface area contributed by atoms with Crippen molar-refractivity contribution in [2.75, 3.05) is 0 Å². The lowest BCUT2D eigenvalue weighted by atomic mass is 9.86. The Morgan fingerprint density at radius 2 is 2.05 bits per heavy atom. The summed E-state index contributed by atoms with van der Waals surface area (Å²) >= 11 is 0. The maximum atomic E-state index is 12.9. The number of rotatable bonds is 5. The molecule has 1 heteroatoms. The topological polar surface area (TPSA) is 0 Å². The van der Waals surface area contributed by atoms with Gasteiger partial charge in [-0.15, -0.1) is 6.58 Å². The maximum Gasteiger partial charge on any atom is 0.0932 e. The minimum atomic E-state index is -0.119. The molecule has 0 atom stereocenters. The lowest BCUT2D eigenvalue weighted by molar-refractivity contribution is 0.635. The fraction of sp³-hybridized carbons (Fsp3) is 0.333. The standard InChI is InChI=1S/C18H23F/c1-5-9-16(6-2)18-11-8-7-10-17(18)14(3)12-13-15(4)19/h5-6,8,11,13H,1-2,7,9-10,12H2,3-4H3/b15-13+,17-14-,18-16-. The number of hydrogen-bond donors (Lipinski definition) is 0. The monoisotopic (exact) mass is 258 g/mol. The van der Waals surface area contributed by atoms with Crippen molar-refractivity contribution in [3.8, 4) is 0 Å². The van der Waals surface area contributed by atoms with Gasteiger partial charge in [-0.05, 0) is 62.3 Å². The molecule has 0 bridgehead atoms. The molecule has 0 aromatic rings. The van der Waals surface area contributed by atoms with Gasteiger partial charge in [0.15, 0.2) is 0 Å². The van der Waals surface area contributed by atoms with E-state index in [1.54, 1.807) is 6.08 Å². The molecular weight excluding hydrogens is 235 g/mol. The van der Waals surface area contributed by atoms with Crippen molar-refractivity contribution in [2.24, 2.45) is 0 Å². The maximum absolute atomic E-state index is 12.9. The molecule has 0 fully saturated rings. The molecule has 0 unspecified atom stereocenters. The Balaban J connectivity index is 3.19. The molecule has 1 rings (SSSR count). The van der Waals surface area contributed by atoms with E-state index in [2.05, 4.69) is 32.2 Å². The molecule has 0 nitrogen and oxygen atoms in total. The minimum Gasteiger partial charge on any atom is -0.212 e. The van der Waals surface area contributed by atoms with E-state index in [0.717, 1.165) is 19.3 Å². The van der Waals surface area contributed by atoms with E-state index in [1.807, 2.05) is 12.2 Å². The van der Waals surface area contributed by atoms with Crippen molar-refractivity contribution < 1.29 is 4.39 Å². The Bertz CT molecular complexity index is 466. The van der Waals surface area contributed by atoms with Gasteiger partial charge in [-0.1, -0.05) is 36.5 Å². The van der Waals surface area contributed by atoms with Crippen LogP contribution in [0.1, 0.15) is 39.5 Å². The third-order valence-electron chi connectivity index (χ3n) is 3.33. The van der Waals surface area contributed by atoms with Gasteiger partial charge < -0.3 is 0 Å². The first-order valence-corrected chi connectivity index (χ1v) is 6.74. The van der Waals surface area contributed by atoms with Gasteiger partial charge in [0, 0.05) is 0 Å². The summed E-state index contributed by atoms with van der Waals surface area (Å²) in [7, 11) is 0. The van der Waals surface area contributed by atoms with Crippen LogP contribution in [0.3, 0.4) is 0 Å². The van der Waals surface area contributed by atoms with Crippen molar-refractivity contribution in [3.05, 3.63) is 71.7 Å². The van der Waals surface area contributed by atoms with E-state index in [1.165, 1.54) is 29.2 Å². The van der Waals surface area contributed by atoms with E-state index in [0.29, 0.717) is 6.42 Å². The first-order valence-electron chi connectivity index (χ1n) is 6.74. The third kappa shape index (κ3) is 4.51. The molecule has 0 heterocycles. The molecule has 0 aliphatic heterocycles. The average Bonchev–Trinajstić information content (AvgIpc) is 2.42. The molecule has 19 heavy (non-hydrogen) atoms. The summed E-state index contributed by atoms with van der Waals surface area (Å²) in [5.74, 6) is -0.119. The van der Waals surface area contributed by atoms with Crippen LogP contribution < -0.4 is 0 Å². The van der Waals surface area contributed by atoms with Gasteiger partial charge in [-0.3, -0.25) is 0 Å². The molecule has 0 saturated carbocycles. The second-order valence-corrected chi connectivity index (χ2v) is 4.83. The predicted molar refractivity (Wildman–Crippen MR) is 82.6 cm³/mol. The second-order valence-electron chi connectivity index (χ2n) is 4.83. The zero-order chi connectivity index (χ0) is 14.3. The van der Waals surface area contributed by atoms with E-state index >= 15 is 0 Å². The zero-order valence-electron chi connectivity index (χ0n) is 12.0. The SMILES string of the molecule is C=CC/C(C=C)=C1/C=CCC/C1=C(\C)C/C=C(\C)F. The fourth-order valence-corrected chi connectivity index (χ4v) is 2.28. The first kappa shape index (κ1) is 15.4. The summed E-state index contributed by atoms with van der Waals surface area (Å²) in [6.45, 7) is 11.3. The molecule has 1 aliphatic carbocycles. The van der Waals surface area contributed by atoms with Crippen molar-refractivity contribution in [2.45, 2.75) is 39.5 Å². The number of hydrogen-bond acceptors (Lipinski definition) is 0. The Labute approximate surface area is 116 Å². The van der Waals surface area contributed by atoms with Gasteiger partial charge in [0.05, 0.1) is 5.83 Å². The summed E-state index contributed by atoms with van der Waals surface area (Å²) < 4.78 is 12.9. The van der Waals surface area contributed by atoms with Crippen molar-refractivity contribution in [3.63, 3.8) is 0 Å². The lowest BCUT2D eigenvalue weighted by Gasteiger charge is -2.19. The van der Waals surface area contributed by atoms with Gasteiger partial charge in [0.2, 0.25) is 0 Å². The molecule has 1 aliphatic rings. The predicted octanol–water partition coefficient (Wildman–Crippen LogP) is 5.98. The molecule has 102 valence electrons. The molecule has 0 amide bonds. The highest BCUT2D eigenvalue weighted by atomic mass is 19.1. The highest BCUT2D eigenvalue weighted by Crippen LogP contribution is 2.31. The van der Waals surface area contributed by atoms with Crippen LogP contribution in [-0.2, 0) is 0 Å². The van der Waals surface area contributed by atoms with Gasteiger partial charge in [0.25, 0.3) is 0 Å². The Morgan fingerprint density at radius 1 is 1.32 bits per heavy atom. The Kier molecular flexibility index (Phi) is 6.27. The lowest BCUT2D eigenvalue weighted by Crippen LogP contribution is -2.00. The summed E-state index contributed by atoms with van der Waals surface area (Å²) in [6, 6.07) is 0. The Morgan fingerprint density at radius 3 is 2.63 bits per heavy atom. The third-order valence-corrected chi connectivity index (χ3v) is 3.33. The summed E-state index contributed by atoms with van der Waals surface area (Å²) in [6.07, 6.45) is 13.3. The molecule has 0 spiro atoms. The molecular formula is C18H23F. The van der Waals surface area contributed by atoms with E-state index in [4.69, 9.17) is 0 Å². The van der Waals surface area contributed by atoms with Crippen LogP contribution in [0.15, 0.2) is 71.7 Å². The number of allylic oxidation sites excluding steroid dienone is 10. The molecule has 0 saturated heterocycles. The van der Waals surface area contributed by atoms with Gasteiger partial charge in [-0.25, -0.2) is 4.39 Å². The quantitative estimate of drug-likeness (QED) is 0.532. The van der Waals surface area contributed by atoms with Crippen LogP contribution in [0.25, 0.3) is 0 Å². The summed E-state index contributed by atoms with van der Waals surface area (Å²) in [5, 5.41) is 0. The zero-order valence-corrected chi connectivity index (χ0v) is 12.0. The molecule has 0 N–H and O–H groups in total. The van der Waals surface area contributed by atoms with E-state index < -0.39 is 0 Å². The summed E-state index contributed by atoms with van der Waals surface area (Å²) in [4.78, 5) is 0. The molecule has 0 aromatic carbocycles.